The normalized spacial score (nSPS) is 10.6. The average molecular weight is 338 g/mol. The summed E-state index contributed by atoms with van der Waals surface area (Å²) < 4.78 is 5.02. The van der Waals surface area contributed by atoms with Crippen molar-refractivity contribution < 1.29 is 9.53 Å². The van der Waals surface area contributed by atoms with Gasteiger partial charge in [-0.1, -0.05) is 75.4 Å². The summed E-state index contributed by atoms with van der Waals surface area (Å²) in [4.78, 5) is 11.7. The lowest BCUT2D eigenvalue weighted by molar-refractivity contribution is 0.0526. The largest absolute Gasteiger partial charge is 0.462 e. The van der Waals surface area contributed by atoms with Gasteiger partial charge in [0.15, 0.2) is 0 Å². The van der Waals surface area contributed by atoms with Gasteiger partial charge in [0, 0.05) is 0 Å². The fourth-order valence-electron chi connectivity index (χ4n) is 2.99. The first-order valence-corrected chi connectivity index (χ1v) is 9.61. The quantitative estimate of drug-likeness (QED) is 0.368. The topological polar surface area (TPSA) is 26.3 Å². The molecule has 0 saturated carbocycles. The summed E-state index contributed by atoms with van der Waals surface area (Å²) in [7, 11) is 0. The van der Waals surface area contributed by atoms with E-state index < -0.39 is 0 Å². The molecule has 0 saturated heterocycles. The number of ether oxygens (including phenoxy) is 1. The van der Waals surface area contributed by atoms with Gasteiger partial charge >= 0.3 is 5.97 Å². The molecule has 0 fully saturated rings. The van der Waals surface area contributed by atoms with Crippen LogP contribution in [0, 0.1) is 0 Å². The maximum atomic E-state index is 11.7. The minimum Gasteiger partial charge on any atom is -0.462 e. The summed E-state index contributed by atoms with van der Waals surface area (Å²) >= 11 is 0. The summed E-state index contributed by atoms with van der Waals surface area (Å²) in [5, 5.41) is 0. The second-order valence-electron chi connectivity index (χ2n) is 6.51. The third kappa shape index (κ3) is 6.38. The maximum Gasteiger partial charge on any atom is 0.338 e. The second-order valence-corrected chi connectivity index (χ2v) is 6.51. The molecule has 0 amide bonds. The monoisotopic (exact) mass is 338 g/mol. The van der Waals surface area contributed by atoms with E-state index >= 15 is 0 Å². The Hall–Kier alpha value is -2.09. The number of aryl methyl sites for hydroxylation is 1. The molecule has 134 valence electrons. The third-order valence-corrected chi connectivity index (χ3v) is 4.50. The van der Waals surface area contributed by atoms with E-state index in [1.54, 1.807) is 0 Å². The molecule has 2 aromatic rings. The van der Waals surface area contributed by atoms with Crippen LogP contribution < -0.4 is 0 Å². The highest BCUT2D eigenvalue weighted by Crippen LogP contribution is 2.21. The molecule has 0 aliphatic heterocycles. The summed E-state index contributed by atoms with van der Waals surface area (Å²) in [6.07, 6.45) is 9.17. The first-order chi connectivity index (χ1) is 12.2. The lowest BCUT2D eigenvalue weighted by Crippen LogP contribution is -2.03. The van der Waals surface area contributed by atoms with Gasteiger partial charge in [-0.15, -0.1) is 0 Å². The van der Waals surface area contributed by atoms with Gasteiger partial charge < -0.3 is 4.74 Å². The van der Waals surface area contributed by atoms with Gasteiger partial charge in [0.25, 0.3) is 0 Å². The summed E-state index contributed by atoms with van der Waals surface area (Å²) in [6, 6.07) is 16.4. The average Bonchev–Trinajstić information content (AvgIpc) is 2.65. The standard InChI is InChI=1S/C23H30O2/c1-3-5-6-7-8-9-10-19-11-13-20(14-12-19)21-15-17-22(18-16-21)23(24)25-4-2/h11-18H,3-10H2,1-2H3. The fraction of sp³-hybridized carbons (Fsp3) is 0.435. The minimum absolute atomic E-state index is 0.261. The molecule has 0 N–H and O–H groups in total. The lowest BCUT2D eigenvalue weighted by Gasteiger charge is -2.06. The number of carbonyl (C=O) groups excluding carboxylic acids is 1. The first-order valence-electron chi connectivity index (χ1n) is 9.61. The molecule has 2 heteroatoms. The van der Waals surface area contributed by atoms with Gasteiger partial charge in [-0.3, -0.25) is 0 Å². The first kappa shape index (κ1) is 19.2. The van der Waals surface area contributed by atoms with E-state index in [1.807, 2.05) is 31.2 Å². The SMILES string of the molecule is CCCCCCCCc1ccc(-c2ccc(C(=O)OCC)cc2)cc1. The van der Waals surface area contributed by atoms with E-state index in [4.69, 9.17) is 4.74 Å². The van der Waals surface area contributed by atoms with E-state index in [2.05, 4.69) is 31.2 Å². The Balaban J connectivity index is 1.86. The van der Waals surface area contributed by atoms with Crippen LogP contribution >= 0.6 is 0 Å². The zero-order chi connectivity index (χ0) is 17.9. The molecule has 2 aromatic carbocycles. The Labute approximate surface area is 152 Å². The molecular formula is C23H30O2. The van der Waals surface area contributed by atoms with Crippen molar-refractivity contribution in [2.45, 2.75) is 58.8 Å². The Morgan fingerprint density at radius 1 is 0.760 bits per heavy atom. The molecule has 2 nitrogen and oxygen atoms in total. The van der Waals surface area contributed by atoms with Crippen LogP contribution in [0.5, 0.6) is 0 Å². The van der Waals surface area contributed by atoms with Crippen molar-refractivity contribution in [3.63, 3.8) is 0 Å². The number of hydrogen-bond donors (Lipinski definition) is 0. The number of rotatable bonds is 10. The lowest BCUT2D eigenvalue weighted by atomic mass is 10.00. The van der Waals surface area contributed by atoms with Crippen molar-refractivity contribution in [3.05, 3.63) is 59.7 Å². The van der Waals surface area contributed by atoms with Crippen molar-refractivity contribution >= 4 is 5.97 Å². The third-order valence-electron chi connectivity index (χ3n) is 4.50. The number of benzene rings is 2. The fourth-order valence-corrected chi connectivity index (χ4v) is 2.99. The van der Waals surface area contributed by atoms with Crippen LogP contribution in [-0.4, -0.2) is 12.6 Å². The smallest absolute Gasteiger partial charge is 0.338 e. The molecule has 0 spiro atoms. The van der Waals surface area contributed by atoms with Gasteiger partial charge in [-0.2, -0.15) is 0 Å². The molecule has 0 unspecified atom stereocenters. The highest BCUT2D eigenvalue weighted by molar-refractivity contribution is 5.90. The minimum atomic E-state index is -0.261. The zero-order valence-electron chi connectivity index (χ0n) is 15.6. The molecule has 0 aromatic heterocycles. The Morgan fingerprint density at radius 3 is 1.92 bits per heavy atom. The van der Waals surface area contributed by atoms with Gasteiger partial charge in [-0.05, 0) is 48.6 Å². The molecular weight excluding hydrogens is 308 g/mol. The Kier molecular flexibility index (Phi) is 8.24. The molecule has 0 heterocycles. The number of hydrogen-bond acceptors (Lipinski definition) is 2. The van der Waals surface area contributed by atoms with Gasteiger partial charge in [-0.25, -0.2) is 4.79 Å². The van der Waals surface area contributed by atoms with Crippen molar-refractivity contribution in [2.75, 3.05) is 6.61 Å². The van der Waals surface area contributed by atoms with E-state index in [9.17, 15) is 4.79 Å². The maximum absolute atomic E-state index is 11.7. The second kappa shape index (κ2) is 10.7. The molecule has 0 aliphatic rings. The number of carbonyl (C=O) groups is 1. The van der Waals surface area contributed by atoms with E-state index in [1.165, 1.54) is 49.7 Å². The van der Waals surface area contributed by atoms with Crippen LogP contribution in [0.4, 0.5) is 0 Å². The van der Waals surface area contributed by atoms with Crippen molar-refractivity contribution in [3.8, 4) is 11.1 Å². The van der Waals surface area contributed by atoms with Gasteiger partial charge in [0.2, 0.25) is 0 Å². The number of unbranched alkanes of at least 4 members (excludes halogenated alkanes) is 5. The van der Waals surface area contributed by atoms with E-state index in [-0.39, 0.29) is 5.97 Å². The van der Waals surface area contributed by atoms with Crippen molar-refractivity contribution in [1.82, 2.24) is 0 Å². The summed E-state index contributed by atoms with van der Waals surface area (Å²) in [5.74, 6) is -0.261. The van der Waals surface area contributed by atoms with Crippen LogP contribution in [-0.2, 0) is 11.2 Å². The molecule has 0 aliphatic carbocycles. The zero-order valence-corrected chi connectivity index (χ0v) is 15.6. The van der Waals surface area contributed by atoms with Crippen LogP contribution in [0.15, 0.2) is 48.5 Å². The van der Waals surface area contributed by atoms with Crippen molar-refractivity contribution in [2.24, 2.45) is 0 Å². The molecule has 0 radical (unpaired) electrons. The Morgan fingerprint density at radius 2 is 1.32 bits per heavy atom. The van der Waals surface area contributed by atoms with E-state index in [0.717, 1.165) is 12.0 Å². The Bertz CT molecular complexity index is 626. The van der Waals surface area contributed by atoms with E-state index in [0.29, 0.717) is 12.2 Å². The highest BCUT2D eigenvalue weighted by Gasteiger charge is 2.06. The summed E-state index contributed by atoms with van der Waals surface area (Å²) in [6.45, 7) is 4.48. The predicted molar refractivity (Wildman–Crippen MR) is 105 cm³/mol. The molecule has 0 bridgehead atoms. The van der Waals surface area contributed by atoms with Gasteiger partial charge in [0.1, 0.15) is 0 Å². The predicted octanol–water partition coefficient (Wildman–Crippen LogP) is 6.43. The highest BCUT2D eigenvalue weighted by atomic mass is 16.5. The molecule has 2 rings (SSSR count). The van der Waals surface area contributed by atoms with Crippen molar-refractivity contribution in [1.29, 1.82) is 0 Å². The van der Waals surface area contributed by atoms with Crippen LogP contribution in [0.2, 0.25) is 0 Å². The molecule has 0 atom stereocenters. The van der Waals surface area contributed by atoms with Crippen LogP contribution in [0.3, 0.4) is 0 Å². The summed E-state index contributed by atoms with van der Waals surface area (Å²) in [5.41, 5.74) is 4.31. The van der Waals surface area contributed by atoms with Crippen LogP contribution in [0.25, 0.3) is 11.1 Å². The van der Waals surface area contributed by atoms with Crippen LogP contribution in [0.1, 0.15) is 68.3 Å². The number of esters is 1. The molecule has 25 heavy (non-hydrogen) atoms. The van der Waals surface area contributed by atoms with Gasteiger partial charge in [0.05, 0.1) is 12.2 Å².